The second-order valence-electron chi connectivity index (χ2n) is 16.6. The highest BCUT2D eigenvalue weighted by Gasteiger charge is 2.25. The zero-order chi connectivity index (χ0) is 41.3. The third kappa shape index (κ3) is 7.76. The normalized spacial score (nSPS) is 12.0. The summed E-state index contributed by atoms with van der Waals surface area (Å²) in [7, 11) is 0. The number of aryl methyl sites for hydroxylation is 2. The first-order valence-corrected chi connectivity index (χ1v) is 22.0. The molecule has 0 fully saturated rings. The molecule has 0 radical (unpaired) electrons. The fourth-order valence-electron chi connectivity index (χ4n) is 8.61. The van der Waals surface area contributed by atoms with Crippen LogP contribution in [0.25, 0.3) is 90.2 Å². The van der Waals surface area contributed by atoms with Gasteiger partial charge in [0, 0.05) is 34.4 Å². The monoisotopic (exact) mass is 798 g/mol. The van der Waals surface area contributed by atoms with Crippen LogP contribution >= 0.6 is 0 Å². The van der Waals surface area contributed by atoms with Crippen molar-refractivity contribution < 1.29 is 17.7 Å². The molecule has 5 aromatic carbocycles. The fourth-order valence-corrected chi connectivity index (χ4v) is 8.61. The van der Waals surface area contributed by atoms with Gasteiger partial charge in [0.2, 0.25) is 23.6 Å². The van der Waals surface area contributed by atoms with Gasteiger partial charge in [0.1, 0.15) is 22.1 Å². The van der Waals surface area contributed by atoms with Crippen molar-refractivity contribution in [1.82, 2.24) is 19.9 Å². The molecule has 0 saturated heterocycles. The second-order valence-corrected chi connectivity index (χ2v) is 16.6. The van der Waals surface area contributed by atoms with Crippen LogP contribution in [0.3, 0.4) is 0 Å². The highest BCUT2D eigenvalue weighted by atomic mass is 16.4. The molecule has 0 N–H and O–H groups in total. The molecule has 0 bridgehead atoms. The number of benzene rings is 5. The molecule has 4 heterocycles. The smallest absolute Gasteiger partial charge is 0.227 e. The lowest BCUT2D eigenvalue weighted by atomic mass is 9.88. The Morgan fingerprint density at radius 2 is 0.683 bits per heavy atom. The van der Waals surface area contributed by atoms with Crippen molar-refractivity contribution >= 4 is 44.4 Å². The molecule has 0 amide bonds. The van der Waals surface area contributed by atoms with Crippen LogP contribution < -0.4 is 0 Å². The van der Waals surface area contributed by atoms with Crippen LogP contribution in [0.1, 0.15) is 111 Å². The Bertz CT molecular complexity index is 2610. The maximum Gasteiger partial charge on any atom is 0.227 e. The predicted molar refractivity (Wildman–Crippen MR) is 242 cm³/mol. The Kier molecular flexibility index (Phi) is 11.1. The van der Waals surface area contributed by atoms with E-state index < -0.39 is 0 Å². The third-order valence-electron chi connectivity index (χ3n) is 12.4. The maximum absolute atomic E-state index is 6.47. The number of fused-ring (bicyclic) bond motifs is 4. The second kappa shape index (κ2) is 16.9. The molecule has 0 saturated carbocycles. The number of aromatic nitrogens is 4. The topological polar surface area (TPSA) is 104 Å². The van der Waals surface area contributed by atoms with Crippen molar-refractivity contribution in [2.45, 2.75) is 119 Å². The average molecular weight is 799 g/mol. The average Bonchev–Trinajstić information content (AvgIpc) is 4.06. The molecular weight excluding hydrogens is 745 g/mol. The van der Waals surface area contributed by atoms with Crippen LogP contribution in [0.2, 0.25) is 0 Å². The van der Waals surface area contributed by atoms with E-state index in [0.29, 0.717) is 45.9 Å². The zero-order valence-electron chi connectivity index (χ0n) is 35.8. The maximum atomic E-state index is 6.47. The zero-order valence-corrected chi connectivity index (χ0v) is 35.8. The van der Waals surface area contributed by atoms with Crippen LogP contribution in [-0.2, 0) is 12.8 Å². The van der Waals surface area contributed by atoms with Crippen molar-refractivity contribution in [1.29, 1.82) is 0 Å². The van der Waals surface area contributed by atoms with Gasteiger partial charge in [-0.05, 0) is 123 Å². The summed E-state index contributed by atoms with van der Waals surface area (Å²) in [4.78, 5) is 19.7. The van der Waals surface area contributed by atoms with Gasteiger partial charge in [-0.1, -0.05) is 89.5 Å². The van der Waals surface area contributed by atoms with E-state index in [1.54, 1.807) is 0 Å². The Hall–Kier alpha value is -6.02. The van der Waals surface area contributed by atoms with Crippen molar-refractivity contribution in [2.24, 2.45) is 0 Å². The van der Waals surface area contributed by atoms with E-state index in [1.807, 2.05) is 24.3 Å². The van der Waals surface area contributed by atoms with Gasteiger partial charge in [0.25, 0.3) is 0 Å². The standard InChI is InChI=1S/C52H54N4O4/c1-7-9-11-13-15-17-35-19-23-37(24-20-35)49-53-39-27-41-45(29-43(39)57-49)59-51(55-41)47-31(3)33(5)48(34(6)32(47)4)52-56-42-28-40-44(30-46(42)60-52)58-50(54-40)38-25-21-36(22-26-38)18-16-14-12-10-8-2/h19-30H,7-18H2,1-6H3. The lowest BCUT2D eigenvalue weighted by Crippen LogP contribution is -2.00. The molecule has 0 aliphatic heterocycles. The first kappa shape index (κ1) is 39.4. The molecule has 60 heavy (non-hydrogen) atoms. The number of nitrogens with zero attached hydrogens (tertiary/aromatic N) is 4. The molecule has 9 aromatic rings. The molecule has 306 valence electrons. The Labute approximate surface area is 351 Å². The van der Waals surface area contributed by atoms with Gasteiger partial charge < -0.3 is 17.7 Å². The van der Waals surface area contributed by atoms with Gasteiger partial charge >= 0.3 is 0 Å². The largest absolute Gasteiger partial charge is 0.436 e. The molecule has 8 heteroatoms. The van der Waals surface area contributed by atoms with E-state index in [-0.39, 0.29) is 0 Å². The SMILES string of the molecule is CCCCCCCc1ccc(-c2nc3cc4nc(-c5c(C)c(C)c(-c6nc7cc8nc(-c9ccc(CCCCCCC)cc9)oc8cc7o6)c(C)c5C)oc4cc3o2)cc1. The molecule has 8 nitrogen and oxygen atoms in total. The van der Waals surface area contributed by atoms with Crippen LogP contribution in [0.15, 0.2) is 90.5 Å². The van der Waals surface area contributed by atoms with Crippen LogP contribution in [0.4, 0.5) is 0 Å². The molecular formula is C52H54N4O4. The molecule has 9 rings (SSSR count). The Balaban J connectivity index is 0.941. The van der Waals surface area contributed by atoms with Crippen LogP contribution in [-0.4, -0.2) is 19.9 Å². The summed E-state index contributed by atoms with van der Waals surface area (Å²) in [6.45, 7) is 12.9. The number of oxazole rings is 4. The summed E-state index contributed by atoms with van der Waals surface area (Å²) in [5.41, 5.74) is 16.4. The quantitative estimate of drug-likeness (QED) is 0.0890. The van der Waals surface area contributed by atoms with Gasteiger partial charge in [-0.25, -0.2) is 19.9 Å². The number of rotatable bonds is 16. The van der Waals surface area contributed by atoms with Gasteiger partial charge in [-0.15, -0.1) is 0 Å². The summed E-state index contributed by atoms with van der Waals surface area (Å²) in [6.07, 6.45) is 15.0. The van der Waals surface area contributed by atoms with E-state index in [0.717, 1.165) is 79.4 Å². The highest BCUT2D eigenvalue weighted by molar-refractivity contribution is 5.93. The highest BCUT2D eigenvalue weighted by Crippen LogP contribution is 2.41. The summed E-state index contributed by atoms with van der Waals surface area (Å²) in [5, 5.41) is 0. The lowest BCUT2D eigenvalue weighted by molar-refractivity contribution is 0.606. The number of hydrogen-bond donors (Lipinski definition) is 0. The lowest BCUT2D eigenvalue weighted by Gasteiger charge is -2.17. The molecule has 0 spiro atoms. The third-order valence-corrected chi connectivity index (χ3v) is 12.4. The molecule has 0 aliphatic rings. The van der Waals surface area contributed by atoms with Crippen LogP contribution in [0, 0.1) is 27.7 Å². The van der Waals surface area contributed by atoms with Gasteiger partial charge in [-0.3, -0.25) is 0 Å². The fraction of sp³-hybridized carbons (Fsp3) is 0.346. The van der Waals surface area contributed by atoms with E-state index in [4.69, 9.17) is 37.6 Å². The summed E-state index contributed by atoms with van der Waals surface area (Å²) < 4.78 is 25.5. The number of hydrogen-bond acceptors (Lipinski definition) is 8. The van der Waals surface area contributed by atoms with E-state index in [1.165, 1.54) is 75.3 Å². The van der Waals surface area contributed by atoms with Crippen molar-refractivity contribution in [3.8, 4) is 45.8 Å². The number of unbranched alkanes of at least 4 members (excludes halogenated alkanes) is 8. The molecule has 4 aromatic heterocycles. The van der Waals surface area contributed by atoms with Crippen LogP contribution in [0.5, 0.6) is 0 Å². The summed E-state index contributed by atoms with van der Waals surface area (Å²) in [6, 6.07) is 24.9. The minimum Gasteiger partial charge on any atom is -0.436 e. The van der Waals surface area contributed by atoms with Gasteiger partial charge in [0.05, 0.1) is 0 Å². The first-order chi connectivity index (χ1) is 29.3. The first-order valence-electron chi connectivity index (χ1n) is 22.0. The molecule has 0 atom stereocenters. The van der Waals surface area contributed by atoms with Crippen molar-refractivity contribution in [3.05, 3.63) is 106 Å². The molecule has 0 aliphatic carbocycles. The van der Waals surface area contributed by atoms with E-state index in [9.17, 15) is 0 Å². The molecule has 0 unspecified atom stereocenters. The summed E-state index contributed by atoms with van der Waals surface area (Å²) in [5.74, 6) is 2.32. The predicted octanol–water partition coefficient (Wildman–Crippen LogP) is 15.2. The minimum atomic E-state index is 0.563. The Morgan fingerprint density at radius 3 is 1.03 bits per heavy atom. The van der Waals surface area contributed by atoms with Gasteiger partial charge in [-0.2, -0.15) is 0 Å². The van der Waals surface area contributed by atoms with Crippen molar-refractivity contribution in [2.75, 3.05) is 0 Å². The van der Waals surface area contributed by atoms with E-state index in [2.05, 4.69) is 90.1 Å². The van der Waals surface area contributed by atoms with E-state index >= 15 is 0 Å². The van der Waals surface area contributed by atoms with Crippen molar-refractivity contribution in [3.63, 3.8) is 0 Å². The Morgan fingerprint density at radius 1 is 0.367 bits per heavy atom. The van der Waals surface area contributed by atoms with Gasteiger partial charge in [0.15, 0.2) is 22.3 Å². The minimum absolute atomic E-state index is 0.563. The summed E-state index contributed by atoms with van der Waals surface area (Å²) >= 11 is 0.